The number of benzene rings is 1. The molecule has 1 N–H and O–H groups in total. The summed E-state index contributed by atoms with van der Waals surface area (Å²) in [5.41, 5.74) is 0.584. The van der Waals surface area contributed by atoms with Crippen molar-refractivity contribution >= 4 is 21.6 Å². The Morgan fingerprint density at radius 1 is 1.48 bits per heavy atom. The minimum absolute atomic E-state index is 0.121. The van der Waals surface area contributed by atoms with E-state index in [9.17, 15) is 8.42 Å². The van der Waals surface area contributed by atoms with E-state index < -0.39 is 10.0 Å². The molecule has 1 atom stereocenters. The van der Waals surface area contributed by atoms with Crippen LogP contribution in [0.3, 0.4) is 0 Å². The molecule has 1 aliphatic heterocycles. The zero-order valence-corrected chi connectivity index (χ0v) is 13.4. The molecule has 1 heterocycles. The summed E-state index contributed by atoms with van der Waals surface area (Å²) in [5, 5.41) is 8.83. The van der Waals surface area contributed by atoms with Crippen molar-refractivity contribution in [3.05, 3.63) is 28.8 Å². The fourth-order valence-electron chi connectivity index (χ4n) is 2.42. The summed E-state index contributed by atoms with van der Waals surface area (Å²) in [4.78, 5) is 0.121. The van der Waals surface area contributed by atoms with Gasteiger partial charge in [0.15, 0.2) is 0 Å². The van der Waals surface area contributed by atoms with Crippen LogP contribution in [-0.2, 0) is 10.0 Å². The predicted octanol–water partition coefficient (Wildman–Crippen LogP) is 2.10. The van der Waals surface area contributed by atoms with Crippen LogP contribution in [0.5, 0.6) is 0 Å². The van der Waals surface area contributed by atoms with Gasteiger partial charge in [-0.05, 0) is 30.5 Å². The molecule has 0 spiro atoms. The molecule has 4 nitrogen and oxygen atoms in total. The van der Waals surface area contributed by atoms with Crippen molar-refractivity contribution in [1.29, 1.82) is 0 Å². The van der Waals surface area contributed by atoms with E-state index in [-0.39, 0.29) is 16.5 Å². The van der Waals surface area contributed by atoms with Gasteiger partial charge < -0.3 is 5.11 Å². The molecule has 0 amide bonds. The maximum absolute atomic E-state index is 12.6. The minimum atomic E-state index is -3.55. The highest BCUT2D eigenvalue weighted by molar-refractivity contribution is 7.89. The lowest BCUT2D eigenvalue weighted by Crippen LogP contribution is -2.29. The van der Waals surface area contributed by atoms with Crippen molar-refractivity contribution in [3.63, 3.8) is 0 Å². The number of hydrogen-bond donors (Lipinski definition) is 1. The van der Waals surface area contributed by atoms with Crippen LogP contribution in [0.15, 0.2) is 23.1 Å². The van der Waals surface area contributed by atoms with Crippen molar-refractivity contribution in [2.45, 2.75) is 24.7 Å². The quantitative estimate of drug-likeness (QED) is 0.865. The molecule has 1 fully saturated rings. The zero-order chi connectivity index (χ0) is 15.5. The molecule has 1 aromatic rings. The maximum atomic E-state index is 12.6. The molecule has 1 saturated heterocycles. The van der Waals surface area contributed by atoms with Gasteiger partial charge >= 0.3 is 0 Å². The fraction of sp³-hybridized carbons (Fsp3) is 0.467. The van der Waals surface area contributed by atoms with E-state index in [4.69, 9.17) is 16.7 Å². The Labute approximate surface area is 130 Å². The SMILES string of the molecule is CCC1CCN(S(=O)(=O)c2ccc(C#CCO)cc2Cl)C1. The number of aliphatic hydroxyl groups excluding tert-OH is 1. The Hall–Kier alpha value is -1.06. The van der Waals surface area contributed by atoms with Gasteiger partial charge in [0.2, 0.25) is 10.0 Å². The lowest BCUT2D eigenvalue weighted by atomic mass is 10.1. The van der Waals surface area contributed by atoms with E-state index in [1.807, 2.05) is 0 Å². The second-order valence-electron chi connectivity index (χ2n) is 5.03. The van der Waals surface area contributed by atoms with Crippen LogP contribution in [0.25, 0.3) is 0 Å². The molecular weight excluding hydrogens is 310 g/mol. The van der Waals surface area contributed by atoms with Crippen molar-refractivity contribution in [3.8, 4) is 11.8 Å². The summed E-state index contributed by atoms with van der Waals surface area (Å²) in [5.74, 6) is 5.64. The summed E-state index contributed by atoms with van der Waals surface area (Å²) < 4.78 is 26.7. The van der Waals surface area contributed by atoms with Gasteiger partial charge in [-0.2, -0.15) is 4.31 Å². The predicted molar refractivity (Wildman–Crippen MR) is 82.6 cm³/mol. The monoisotopic (exact) mass is 327 g/mol. The van der Waals surface area contributed by atoms with E-state index in [1.165, 1.54) is 16.4 Å². The summed E-state index contributed by atoms with van der Waals surface area (Å²) in [7, 11) is -3.55. The third-order valence-corrected chi connectivity index (χ3v) is 6.04. The zero-order valence-electron chi connectivity index (χ0n) is 11.8. The number of rotatable bonds is 3. The van der Waals surface area contributed by atoms with Crippen molar-refractivity contribution in [2.75, 3.05) is 19.7 Å². The maximum Gasteiger partial charge on any atom is 0.244 e. The summed E-state index contributed by atoms with van der Waals surface area (Å²) >= 11 is 6.11. The van der Waals surface area contributed by atoms with Crippen LogP contribution < -0.4 is 0 Å². The van der Waals surface area contributed by atoms with Crippen molar-refractivity contribution in [2.24, 2.45) is 5.92 Å². The van der Waals surface area contributed by atoms with Crippen molar-refractivity contribution < 1.29 is 13.5 Å². The summed E-state index contributed by atoms with van der Waals surface area (Å²) in [6.45, 7) is 2.93. The molecular formula is C15H18ClNO3S. The molecule has 114 valence electrons. The van der Waals surface area contributed by atoms with Crippen LogP contribution in [0.1, 0.15) is 25.3 Å². The largest absolute Gasteiger partial charge is 0.384 e. The molecule has 21 heavy (non-hydrogen) atoms. The standard InChI is InChI=1S/C15H18ClNO3S/c1-2-12-7-8-17(11-12)21(19,20)15-6-5-13(4-3-9-18)10-14(15)16/h5-6,10,12,18H,2,7-9,11H2,1H3. The molecule has 0 aromatic heterocycles. The Bertz CT molecular complexity index is 676. The number of sulfonamides is 1. The highest BCUT2D eigenvalue weighted by Gasteiger charge is 2.32. The first-order valence-electron chi connectivity index (χ1n) is 6.88. The molecule has 0 radical (unpaired) electrons. The Balaban J connectivity index is 2.29. The minimum Gasteiger partial charge on any atom is -0.384 e. The van der Waals surface area contributed by atoms with Crippen LogP contribution >= 0.6 is 11.6 Å². The van der Waals surface area contributed by atoms with Crippen LogP contribution in [0.4, 0.5) is 0 Å². The van der Waals surface area contributed by atoms with Gasteiger partial charge in [0, 0.05) is 18.7 Å². The molecule has 1 unspecified atom stereocenters. The summed E-state index contributed by atoms with van der Waals surface area (Å²) in [6, 6.07) is 4.61. The second-order valence-corrected chi connectivity index (χ2v) is 7.34. The molecule has 2 rings (SSSR count). The first-order valence-corrected chi connectivity index (χ1v) is 8.70. The van der Waals surface area contributed by atoms with Gasteiger partial charge in [0.25, 0.3) is 0 Å². The Kier molecular flexibility index (Phi) is 5.28. The van der Waals surface area contributed by atoms with E-state index in [2.05, 4.69) is 18.8 Å². The van der Waals surface area contributed by atoms with Crippen molar-refractivity contribution in [1.82, 2.24) is 4.31 Å². The molecule has 6 heteroatoms. The molecule has 1 aromatic carbocycles. The highest BCUT2D eigenvalue weighted by Crippen LogP contribution is 2.30. The molecule has 0 bridgehead atoms. The summed E-state index contributed by atoms with van der Waals surface area (Å²) in [6.07, 6.45) is 1.88. The fourth-order valence-corrected chi connectivity index (χ4v) is 4.47. The number of nitrogens with zero attached hydrogens (tertiary/aromatic N) is 1. The van der Waals surface area contributed by atoms with E-state index >= 15 is 0 Å². The van der Waals surface area contributed by atoms with Gasteiger partial charge in [-0.1, -0.05) is 36.8 Å². The first kappa shape index (κ1) is 16.3. The van der Waals surface area contributed by atoms with Crippen LogP contribution in [0, 0.1) is 17.8 Å². The van der Waals surface area contributed by atoms with E-state index in [0.717, 1.165) is 12.8 Å². The number of aliphatic hydroxyl groups is 1. The third kappa shape index (κ3) is 3.58. The van der Waals surface area contributed by atoms with Crippen LogP contribution in [0.2, 0.25) is 5.02 Å². The first-order chi connectivity index (χ1) is 9.98. The Morgan fingerprint density at radius 3 is 2.81 bits per heavy atom. The normalized spacial score (nSPS) is 19.3. The third-order valence-electron chi connectivity index (χ3n) is 3.69. The van der Waals surface area contributed by atoms with E-state index in [1.54, 1.807) is 6.07 Å². The topological polar surface area (TPSA) is 57.6 Å². The van der Waals surface area contributed by atoms with Crippen LogP contribution in [-0.4, -0.2) is 37.5 Å². The van der Waals surface area contributed by atoms with Gasteiger partial charge in [-0.15, -0.1) is 0 Å². The van der Waals surface area contributed by atoms with E-state index in [0.29, 0.717) is 24.6 Å². The average Bonchev–Trinajstić information content (AvgIpc) is 2.94. The molecule has 0 aliphatic carbocycles. The molecule has 1 aliphatic rings. The lowest BCUT2D eigenvalue weighted by molar-refractivity contribution is 0.350. The van der Waals surface area contributed by atoms with Gasteiger partial charge in [0.05, 0.1) is 5.02 Å². The second kappa shape index (κ2) is 6.80. The van der Waals surface area contributed by atoms with Gasteiger partial charge in [0.1, 0.15) is 11.5 Å². The molecule has 0 saturated carbocycles. The lowest BCUT2D eigenvalue weighted by Gasteiger charge is -2.17. The Morgan fingerprint density at radius 2 is 2.24 bits per heavy atom. The number of hydrogen-bond acceptors (Lipinski definition) is 3. The average molecular weight is 328 g/mol. The van der Waals surface area contributed by atoms with Gasteiger partial charge in [-0.3, -0.25) is 0 Å². The number of halogens is 1. The highest BCUT2D eigenvalue weighted by atomic mass is 35.5. The van der Waals surface area contributed by atoms with Gasteiger partial charge in [-0.25, -0.2) is 8.42 Å². The smallest absolute Gasteiger partial charge is 0.244 e.